The summed E-state index contributed by atoms with van der Waals surface area (Å²) in [6, 6.07) is 0.650. The van der Waals surface area contributed by atoms with Gasteiger partial charge in [-0.05, 0) is 39.2 Å². The van der Waals surface area contributed by atoms with Crippen molar-refractivity contribution >= 4 is 29.9 Å². The number of guanidine groups is 1. The molecule has 0 aliphatic carbocycles. The first kappa shape index (κ1) is 22.1. The van der Waals surface area contributed by atoms with E-state index >= 15 is 0 Å². The third-order valence-corrected chi connectivity index (χ3v) is 5.11. The minimum absolute atomic E-state index is 0. The molecule has 8 heteroatoms. The van der Waals surface area contributed by atoms with Crippen molar-refractivity contribution in [2.24, 2.45) is 4.99 Å². The fraction of sp³-hybridized carbons (Fsp3) is 0.944. The SMILES string of the molecule is CCNC(=NCC1CN2CCCC2CO1)NCCCOC1CCOC1.I. The van der Waals surface area contributed by atoms with Crippen molar-refractivity contribution in [3.63, 3.8) is 0 Å². The molecule has 3 rings (SSSR count). The number of rotatable bonds is 8. The zero-order valence-electron chi connectivity index (χ0n) is 16.0. The molecule has 0 aromatic heterocycles. The van der Waals surface area contributed by atoms with E-state index in [1.807, 2.05) is 0 Å². The molecule has 3 aliphatic heterocycles. The molecule has 3 unspecified atom stereocenters. The molecule has 0 aromatic rings. The summed E-state index contributed by atoms with van der Waals surface area (Å²) in [5.74, 6) is 0.874. The van der Waals surface area contributed by atoms with E-state index in [1.165, 1.54) is 19.4 Å². The van der Waals surface area contributed by atoms with Crippen LogP contribution in [0.4, 0.5) is 0 Å². The number of halogens is 1. The fourth-order valence-electron chi connectivity index (χ4n) is 3.70. The van der Waals surface area contributed by atoms with Gasteiger partial charge in [0, 0.05) is 38.9 Å². The van der Waals surface area contributed by atoms with Crippen LogP contribution in [0.3, 0.4) is 0 Å². The summed E-state index contributed by atoms with van der Waals surface area (Å²) in [5.41, 5.74) is 0. The second kappa shape index (κ2) is 12.3. The van der Waals surface area contributed by atoms with Crippen molar-refractivity contribution in [2.45, 2.75) is 50.9 Å². The minimum Gasteiger partial charge on any atom is -0.379 e. The van der Waals surface area contributed by atoms with Crippen LogP contribution in [-0.4, -0.2) is 88.3 Å². The molecule has 0 spiro atoms. The van der Waals surface area contributed by atoms with Crippen molar-refractivity contribution in [3.05, 3.63) is 0 Å². The van der Waals surface area contributed by atoms with Gasteiger partial charge in [-0.2, -0.15) is 0 Å². The quantitative estimate of drug-likeness (QED) is 0.235. The summed E-state index contributed by atoms with van der Waals surface area (Å²) in [4.78, 5) is 7.27. The van der Waals surface area contributed by atoms with Crippen molar-refractivity contribution in [1.82, 2.24) is 15.5 Å². The van der Waals surface area contributed by atoms with Crippen LogP contribution in [-0.2, 0) is 14.2 Å². The van der Waals surface area contributed by atoms with E-state index in [-0.39, 0.29) is 30.1 Å². The molecule has 152 valence electrons. The molecule has 0 bridgehead atoms. The number of hydrogen-bond donors (Lipinski definition) is 2. The van der Waals surface area contributed by atoms with E-state index in [0.29, 0.717) is 18.7 Å². The number of fused-ring (bicyclic) bond motifs is 1. The van der Waals surface area contributed by atoms with Gasteiger partial charge in [-0.25, -0.2) is 0 Å². The Hall–Kier alpha value is -0.160. The Balaban J connectivity index is 0.00000243. The highest BCUT2D eigenvalue weighted by molar-refractivity contribution is 14.0. The number of morpholine rings is 1. The first-order valence-electron chi connectivity index (χ1n) is 9.92. The lowest BCUT2D eigenvalue weighted by Gasteiger charge is -2.34. The molecule has 26 heavy (non-hydrogen) atoms. The molecular formula is C18H35IN4O3. The molecule has 0 amide bonds. The standard InChI is InChI=1S/C18H34N4O3.HI/c1-2-19-18(20-7-4-9-24-16-6-10-23-14-16)21-11-17-12-22-8-3-5-15(22)13-25-17;/h15-17H,2-14H2,1H3,(H2,19,20,21);1H. The molecule has 2 N–H and O–H groups in total. The van der Waals surface area contributed by atoms with Crippen molar-refractivity contribution in [1.29, 1.82) is 0 Å². The number of nitrogens with zero attached hydrogens (tertiary/aromatic N) is 2. The van der Waals surface area contributed by atoms with Gasteiger partial charge >= 0.3 is 0 Å². The highest BCUT2D eigenvalue weighted by Crippen LogP contribution is 2.22. The van der Waals surface area contributed by atoms with Crippen LogP contribution >= 0.6 is 24.0 Å². The Labute approximate surface area is 174 Å². The van der Waals surface area contributed by atoms with Crippen molar-refractivity contribution < 1.29 is 14.2 Å². The van der Waals surface area contributed by atoms with Crippen molar-refractivity contribution in [2.75, 3.05) is 59.2 Å². The third kappa shape index (κ3) is 7.10. The van der Waals surface area contributed by atoms with E-state index in [9.17, 15) is 0 Å². The van der Waals surface area contributed by atoms with Gasteiger partial charge in [-0.1, -0.05) is 0 Å². The average molecular weight is 482 g/mol. The summed E-state index contributed by atoms with van der Waals surface area (Å²) < 4.78 is 17.1. The van der Waals surface area contributed by atoms with E-state index in [2.05, 4.69) is 22.5 Å². The Bertz CT molecular complexity index is 421. The highest BCUT2D eigenvalue weighted by Gasteiger charge is 2.31. The first-order valence-corrected chi connectivity index (χ1v) is 9.92. The van der Waals surface area contributed by atoms with Crippen molar-refractivity contribution in [3.8, 4) is 0 Å². The zero-order valence-corrected chi connectivity index (χ0v) is 18.3. The lowest BCUT2D eigenvalue weighted by Crippen LogP contribution is -2.47. The Morgan fingerprint density at radius 2 is 2.19 bits per heavy atom. The maximum Gasteiger partial charge on any atom is 0.191 e. The second-order valence-corrected chi connectivity index (χ2v) is 7.10. The highest BCUT2D eigenvalue weighted by atomic mass is 127. The molecule has 7 nitrogen and oxygen atoms in total. The molecule has 0 radical (unpaired) electrons. The maximum atomic E-state index is 5.98. The van der Waals surface area contributed by atoms with Gasteiger partial charge in [-0.3, -0.25) is 9.89 Å². The summed E-state index contributed by atoms with van der Waals surface area (Å²) in [6.07, 6.45) is 5.10. The van der Waals surface area contributed by atoms with Crippen LogP contribution in [0.5, 0.6) is 0 Å². The van der Waals surface area contributed by atoms with Crippen LogP contribution < -0.4 is 10.6 Å². The summed E-state index contributed by atoms with van der Waals surface area (Å²) >= 11 is 0. The van der Waals surface area contributed by atoms with Gasteiger partial charge in [-0.15, -0.1) is 24.0 Å². The number of hydrogen-bond acceptors (Lipinski definition) is 5. The predicted molar refractivity (Wildman–Crippen MR) is 114 cm³/mol. The summed E-state index contributed by atoms with van der Waals surface area (Å²) in [5, 5.41) is 6.70. The average Bonchev–Trinajstić information content (AvgIpc) is 3.30. The number of nitrogens with one attached hydrogen (secondary N) is 2. The molecular weight excluding hydrogens is 447 g/mol. The smallest absolute Gasteiger partial charge is 0.191 e. The lowest BCUT2D eigenvalue weighted by molar-refractivity contribution is -0.0432. The fourth-order valence-corrected chi connectivity index (χ4v) is 3.70. The van der Waals surface area contributed by atoms with Gasteiger partial charge in [0.15, 0.2) is 5.96 Å². The monoisotopic (exact) mass is 482 g/mol. The minimum atomic E-state index is 0. The van der Waals surface area contributed by atoms with Crippen LogP contribution in [0.15, 0.2) is 4.99 Å². The molecule has 3 saturated heterocycles. The molecule has 3 aliphatic rings. The molecule has 3 fully saturated rings. The molecule has 0 saturated carbocycles. The normalized spacial score (nSPS) is 29.3. The predicted octanol–water partition coefficient (Wildman–Crippen LogP) is 1.22. The maximum absolute atomic E-state index is 5.98. The zero-order chi connectivity index (χ0) is 17.3. The molecule has 0 aromatic carbocycles. The van der Waals surface area contributed by atoms with E-state index in [1.54, 1.807) is 0 Å². The summed E-state index contributed by atoms with van der Waals surface area (Å²) in [7, 11) is 0. The Kier molecular flexibility index (Phi) is 10.5. The Morgan fingerprint density at radius 3 is 3.00 bits per heavy atom. The topological polar surface area (TPSA) is 67.4 Å². The summed E-state index contributed by atoms with van der Waals surface area (Å²) in [6.45, 7) is 9.98. The van der Waals surface area contributed by atoms with E-state index in [4.69, 9.17) is 19.2 Å². The number of aliphatic imine (C=N–C) groups is 1. The van der Waals surface area contributed by atoms with Crippen LogP contribution in [0.1, 0.15) is 32.6 Å². The largest absolute Gasteiger partial charge is 0.379 e. The van der Waals surface area contributed by atoms with Crippen LogP contribution in [0.25, 0.3) is 0 Å². The third-order valence-electron chi connectivity index (χ3n) is 5.11. The molecule has 3 heterocycles. The lowest BCUT2D eigenvalue weighted by atomic mass is 10.2. The van der Waals surface area contributed by atoms with Gasteiger partial charge in [0.1, 0.15) is 0 Å². The van der Waals surface area contributed by atoms with Gasteiger partial charge in [0.2, 0.25) is 0 Å². The van der Waals surface area contributed by atoms with Gasteiger partial charge in [0.25, 0.3) is 0 Å². The van der Waals surface area contributed by atoms with E-state index in [0.717, 1.165) is 64.9 Å². The van der Waals surface area contributed by atoms with E-state index < -0.39 is 0 Å². The number of ether oxygens (including phenoxy) is 3. The Morgan fingerprint density at radius 1 is 1.27 bits per heavy atom. The van der Waals surface area contributed by atoms with Crippen LogP contribution in [0, 0.1) is 0 Å². The first-order chi connectivity index (χ1) is 12.3. The van der Waals surface area contributed by atoms with Gasteiger partial charge in [0.05, 0.1) is 32.0 Å². The van der Waals surface area contributed by atoms with Gasteiger partial charge < -0.3 is 24.8 Å². The van der Waals surface area contributed by atoms with Crippen LogP contribution in [0.2, 0.25) is 0 Å². The second-order valence-electron chi connectivity index (χ2n) is 7.10. The molecule has 3 atom stereocenters.